The second-order valence-electron chi connectivity index (χ2n) is 8.94. The number of halogens is 2. The van der Waals surface area contributed by atoms with E-state index in [4.69, 9.17) is 23.2 Å². The van der Waals surface area contributed by atoms with Crippen molar-refractivity contribution in [1.29, 1.82) is 0 Å². The summed E-state index contributed by atoms with van der Waals surface area (Å²) < 4.78 is 28.3. The number of hydrogen-bond acceptors (Lipinski definition) is 4. The van der Waals surface area contributed by atoms with Crippen molar-refractivity contribution in [3.05, 3.63) is 81.6 Å². The Morgan fingerprint density at radius 3 is 2.38 bits per heavy atom. The third kappa shape index (κ3) is 6.20. The zero-order chi connectivity index (χ0) is 25.0. The van der Waals surface area contributed by atoms with Gasteiger partial charge in [0.2, 0.25) is 15.0 Å². The number of nitrogens with zero attached hydrogens (tertiary/aromatic N) is 3. The lowest BCUT2D eigenvalue weighted by Crippen LogP contribution is -2.34. The molecule has 3 rings (SSSR count). The van der Waals surface area contributed by atoms with E-state index in [2.05, 4.69) is 4.98 Å². The maximum absolute atomic E-state index is 13.3. The number of amides is 1. The molecule has 0 aliphatic rings. The molecule has 0 atom stereocenters. The lowest BCUT2D eigenvalue weighted by molar-refractivity contribution is 0.0717. The molecule has 182 valence electrons. The van der Waals surface area contributed by atoms with Gasteiger partial charge in [-0.05, 0) is 49.6 Å². The Morgan fingerprint density at radius 2 is 1.76 bits per heavy atom. The van der Waals surface area contributed by atoms with Crippen molar-refractivity contribution in [3.8, 4) is 0 Å². The molecular weight excluding hydrogens is 493 g/mol. The van der Waals surface area contributed by atoms with E-state index in [9.17, 15) is 13.2 Å². The van der Waals surface area contributed by atoms with Crippen molar-refractivity contribution in [2.75, 3.05) is 6.54 Å². The second kappa shape index (κ2) is 10.9. The molecule has 0 aliphatic carbocycles. The molecule has 0 saturated heterocycles. The molecule has 0 radical (unpaired) electrons. The summed E-state index contributed by atoms with van der Waals surface area (Å²) in [5.74, 6) is -0.220. The molecule has 34 heavy (non-hydrogen) atoms. The number of carbonyl (C=O) groups is 1. The number of rotatable bonds is 9. The van der Waals surface area contributed by atoms with E-state index in [1.54, 1.807) is 58.0 Å². The molecule has 3 aromatic rings. The average Bonchev–Trinajstić information content (AvgIpc) is 3.19. The minimum absolute atomic E-state index is 0.0304. The van der Waals surface area contributed by atoms with Crippen LogP contribution in [0.15, 0.2) is 59.9 Å². The van der Waals surface area contributed by atoms with Gasteiger partial charge in [0.05, 0.1) is 24.2 Å². The molecule has 1 heterocycles. The van der Waals surface area contributed by atoms with E-state index in [0.29, 0.717) is 33.4 Å². The molecule has 6 nitrogen and oxygen atoms in total. The predicted molar refractivity (Wildman–Crippen MR) is 136 cm³/mol. The lowest BCUT2D eigenvalue weighted by Gasteiger charge is -2.26. The van der Waals surface area contributed by atoms with Crippen molar-refractivity contribution in [2.45, 2.75) is 51.2 Å². The zero-order valence-electron chi connectivity index (χ0n) is 19.7. The molecule has 0 bridgehead atoms. The molecule has 1 aromatic heterocycles. The Bertz CT molecular complexity index is 1270. The van der Waals surface area contributed by atoms with Crippen LogP contribution in [0.3, 0.4) is 0 Å². The van der Waals surface area contributed by atoms with Crippen molar-refractivity contribution in [3.63, 3.8) is 0 Å². The van der Waals surface area contributed by atoms with Gasteiger partial charge in [0.15, 0.2) is 0 Å². The first-order valence-electron chi connectivity index (χ1n) is 11.1. The van der Waals surface area contributed by atoms with Gasteiger partial charge in [-0.1, -0.05) is 61.3 Å². The fourth-order valence-electron chi connectivity index (χ4n) is 3.82. The molecule has 0 aliphatic heterocycles. The lowest BCUT2D eigenvalue weighted by atomic mass is 10.1. The number of carbonyl (C=O) groups excluding carboxylic acids is 1. The van der Waals surface area contributed by atoms with E-state index in [1.165, 1.54) is 6.20 Å². The molecule has 0 unspecified atom stereocenters. The smallest absolute Gasteiger partial charge is 0.254 e. The summed E-state index contributed by atoms with van der Waals surface area (Å²) in [5.41, 5.74) is 1.64. The van der Waals surface area contributed by atoms with Gasteiger partial charge in [-0.3, -0.25) is 4.79 Å². The standard InChI is InChI=1S/C25H29Cl2N3O3S/c1-17(2)14-29(24(31)19-9-7-10-21(26)12-19)15-22-13-28-25(30(22)18(3)4)34(32,33)16-20-8-5-6-11-23(20)27/h5-13,17-18H,14-16H2,1-4H3. The largest absolute Gasteiger partial charge is 0.333 e. The summed E-state index contributed by atoms with van der Waals surface area (Å²) in [6.45, 7) is 8.55. The molecule has 9 heteroatoms. The van der Waals surface area contributed by atoms with Gasteiger partial charge >= 0.3 is 0 Å². The van der Waals surface area contributed by atoms with Gasteiger partial charge in [-0.15, -0.1) is 0 Å². The molecule has 2 aromatic carbocycles. The Balaban J connectivity index is 1.97. The van der Waals surface area contributed by atoms with Crippen molar-refractivity contribution < 1.29 is 13.2 Å². The zero-order valence-corrected chi connectivity index (χ0v) is 22.0. The Hall–Kier alpha value is -2.35. The predicted octanol–water partition coefficient (Wildman–Crippen LogP) is 6.04. The minimum atomic E-state index is -3.78. The topological polar surface area (TPSA) is 72.3 Å². The number of imidazole rings is 1. The number of aromatic nitrogens is 2. The Kier molecular flexibility index (Phi) is 8.44. The fraction of sp³-hybridized carbons (Fsp3) is 0.360. The molecule has 0 spiro atoms. The third-order valence-corrected chi connectivity index (χ3v) is 7.39. The highest BCUT2D eigenvalue weighted by molar-refractivity contribution is 7.90. The van der Waals surface area contributed by atoms with Crippen LogP contribution < -0.4 is 0 Å². The first kappa shape index (κ1) is 26.3. The number of sulfone groups is 1. The van der Waals surface area contributed by atoms with Crippen molar-refractivity contribution in [1.82, 2.24) is 14.5 Å². The molecular formula is C25H29Cl2N3O3S. The summed E-state index contributed by atoms with van der Waals surface area (Å²) in [7, 11) is -3.78. The van der Waals surface area contributed by atoms with Crippen LogP contribution in [0.5, 0.6) is 0 Å². The number of benzene rings is 2. The van der Waals surface area contributed by atoms with Crippen LogP contribution in [0, 0.1) is 5.92 Å². The average molecular weight is 522 g/mol. The highest BCUT2D eigenvalue weighted by Crippen LogP contribution is 2.26. The van der Waals surface area contributed by atoms with Crippen LogP contribution in [0.4, 0.5) is 0 Å². The van der Waals surface area contributed by atoms with Gasteiger partial charge in [-0.2, -0.15) is 0 Å². The van der Waals surface area contributed by atoms with Crippen LogP contribution in [0.2, 0.25) is 10.0 Å². The Morgan fingerprint density at radius 1 is 1.06 bits per heavy atom. The summed E-state index contributed by atoms with van der Waals surface area (Å²) in [5, 5.41) is 0.844. The SMILES string of the molecule is CC(C)CN(Cc1cnc(S(=O)(=O)Cc2ccccc2Cl)n1C(C)C)C(=O)c1cccc(Cl)c1. The van der Waals surface area contributed by atoms with E-state index >= 15 is 0 Å². The normalized spacial score (nSPS) is 11.9. The van der Waals surface area contributed by atoms with Crippen LogP contribution in [-0.4, -0.2) is 35.3 Å². The first-order valence-corrected chi connectivity index (χ1v) is 13.5. The van der Waals surface area contributed by atoms with Gasteiger partial charge < -0.3 is 9.47 Å². The first-order chi connectivity index (χ1) is 16.0. The van der Waals surface area contributed by atoms with Gasteiger partial charge in [-0.25, -0.2) is 13.4 Å². The van der Waals surface area contributed by atoms with E-state index in [-0.39, 0.29) is 35.3 Å². The van der Waals surface area contributed by atoms with Crippen LogP contribution in [-0.2, 0) is 22.1 Å². The van der Waals surface area contributed by atoms with E-state index in [0.717, 1.165) is 0 Å². The van der Waals surface area contributed by atoms with Crippen LogP contribution in [0.25, 0.3) is 0 Å². The quantitative estimate of drug-likeness (QED) is 0.343. The van der Waals surface area contributed by atoms with Gasteiger partial charge in [0, 0.05) is 28.2 Å². The number of hydrogen-bond donors (Lipinski definition) is 0. The summed E-state index contributed by atoms with van der Waals surface area (Å²) in [4.78, 5) is 19.3. The van der Waals surface area contributed by atoms with E-state index < -0.39 is 9.84 Å². The Labute approximate surface area is 211 Å². The monoisotopic (exact) mass is 521 g/mol. The summed E-state index contributed by atoms with van der Waals surface area (Å²) in [6, 6.07) is 13.5. The van der Waals surface area contributed by atoms with Crippen LogP contribution in [0.1, 0.15) is 55.4 Å². The minimum Gasteiger partial charge on any atom is -0.333 e. The molecule has 0 N–H and O–H groups in total. The fourth-order valence-corrected chi connectivity index (χ4v) is 5.92. The maximum atomic E-state index is 13.3. The van der Waals surface area contributed by atoms with Gasteiger partial charge in [0.25, 0.3) is 5.91 Å². The summed E-state index contributed by atoms with van der Waals surface area (Å²) >= 11 is 12.3. The van der Waals surface area contributed by atoms with Gasteiger partial charge in [0.1, 0.15) is 0 Å². The summed E-state index contributed by atoms with van der Waals surface area (Å²) in [6.07, 6.45) is 1.54. The highest BCUT2D eigenvalue weighted by atomic mass is 35.5. The van der Waals surface area contributed by atoms with E-state index in [1.807, 2.05) is 27.7 Å². The molecule has 1 amide bonds. The molecule has 0 fully saturated rings. The van der Waals surface area contributed by atoms with Crippen molar-refractivity contribution in [2.24, 2.45) is 5.92 Å². The van der Waals surface area contributed by atoms with Crippen molar-refractivity contribution >= 4 is 38.9 Å². The maximum Gasteiger partial charge on any atom is 0.254 e. The highest BCUT2D eigenvalue weighted by Gasteiger charge is 2.28. The molecule has 0 saturated carbocycles. The third-order valence-electron chi connectivity index (χ3n) is 5.23. The van der Waals surface area contributed by atoms with Crippen LogP contribution >= 0.6 is 23.2 Å². The second-order valence-corrected chi connectivity index (χ2v) is 11.7.